The van der Waals surface area contributed by atoms with Crippen LogP contribution in [0.5, 0.6) is 0 Å². The second kappa shape index (κ2) is 4.75. The Morgan fingerprint density at radius 2 is 1.85 bits per heavy atom. The normalized spacial score (nSPS) is 15.8. The molecule has 1 N–H and O–H groups in total. The highest BCUT2D eigenvalue weighted by atomic mass is 79.9. The minimum Gasteiger partial charge on any atom is -0.212 e. The number of halogens is 1. The maximum atomic E-state index is 11.6. The van der Waals surface area contributed by atoms with Crippen LogP contribution < -0.4 is 4.72 Å². The third-order valence-corrected chi connectivity index (χ3v) is 4.49. The standard InChI is InChI=1S/C8H18BrNO2S/c1-7(5-6-9)10-13(11,12)8(2,3)4/h7,10H,5-6H2,1-4H3. The Morgan fingerprint density at radius 3 is 2.15 bits per heavy atom. The molecule has 0 aliphatic carbocycles. The quantitative estimate of drug-likeness (QED) is 0.794. The summed E-state index contributed by atoms with van der Waals surface area (Å²) >= 11 is 3.27. The van der Waals surface area contributed by atoms with Crippen molar-refractivity contribution in [1.29, 1.82) is 0 Å². The molecule has 0 aliphatic heterocycles. The number of alkyl halides is 1. The molecule has 0 rings (SSSR count). The Hall–Kier alpha value is 0.390. The van der Waals surface area contributed by atoms with E-state index < -0.39 is 14.8 Å². The van der Waals surface area contributed by atoms with E-state index in [1.165, 1.54) is 0 Å². The van der Waals surface area contributed by atoms with Crippen LogP contribution >= 0.6 is 15.9 Å². The summed E-state index contributed by atoms with van der Waals surface area (Å²) in [7, 11) is -3.19. The molecule has 0 bridgehead atoms. The summed E-state index contributed by atoms with van der Waals surface area (Å²) in [4.78, 5) is 0. The lowest BCUT2D eigenvalue weighted by Gasteiger charge is -2.22. The molecule has 0 radical (unpaired) electrons. The first-order chi connectivity index (χ1) is 5.70. The lowest BCUT2D eigenvalue weighted by atomic mass is 10.3. The van der Waals surface area contributed by atoms with Gasteiger partial charge in [-0.15, -0.1) is 0 Å². The molecule has 0 saturated heterocycles. The van der Waals surface area contributed by atoms with Crippen LogP contribution in [0.4, 0.5) is 0 Å². The van der Waals surface area contributed by atoms with Crippen molar-refractivity contribution in [3.05, 3.63) is 0 Å². The first kappa shape index (κ1) is 13.4. The third kappa shape index (κ3) is 4.42. The van der Waals surface area contributed by atoms with Crippen molar-refractivity contribution in [3.8, 4) is 0 Å². The number of rotatable bonds is 4. The van der Waals surface area contributed by atoms with E-state index in [0.717, 1.165) is 11.8 Å². The van der Waals surface area contributed by atoms with Gasteiger partial charge in [0.2, 0.25) is 10.0 Å². The van der Waals surface area contributed by atoms with Gasteiger partial charge in [-0.3, -0.25) is 0 Å². The van der Waals surface area contributed by atoms with Crippen LogP contribution in [0.2, 0.25) is 0 Å². The van der Waals surface area contributed by atoms with Gasteiger partial charge in [0.05, 0.1) is 4.75 Å². The fourth-order valence-corrected chi connectivity index (χ4v) is 2.35. The molecule has 0 spiro atoms. The zero-order valence-corrected chi connectivity index (χ0v) is 11.0. The Morgan fingerprint density at radius 1 is 1.38 bits per heavy atom. The van der Waals surface area contributed by atoms with Gasteiger partial charge in [0.1, 0.15) is 0 Å². The van der Waals surface area contributed by atoms with Crippen molar-refractivity contribution >= 4 is 26.0 Å². The van der Waals surface area contributed by atoms with E-state index in [9.17, 15) is 8.42 Å². The van der Waals surface area contributed by atoms with Crippen molar-refractivity contribution in [2.75, 3.05) is 5.33 Å². The second-order valence-corrected chi connectivity index (χ2v) is 7.37. The van der Waals surface area contributed by atoms with Crippen LogP contribution in [0.3, 0.4) is 0 Å². The van der Waals surface area contributed by atoms with Crippen LogP contribution in [0.1, 0.15) is 34.1 Å². The van der Waals surface area contributed by atoms with Crippen LogP contribution in [0.25, 0.3) is 0 Å². The van der Waals surface area contributed by atoms with E-state index in [4.69, 9.17) is 0 Å². The van der Waals surface area contributed by atoms with Gasteiger partial charge in [0, 0.05) is 11.4 Å². The van der Waals surface area contributed by atoms with Gasteiger partial charge in [-0.05, 0) is 34.1 Å². The summed E-state index contributed by atoms with van der Waals surface area (Å²) in [6.07, 6.45) is 0.801. The largest absolute Gasteiger partial charge is 0.216 e. The average Bonchev–Trinajstić information content (AvgIpc) is 1.83. The Kier molecular flexibility index (Phi) is 4.90. The van der Waals surface area contributed by atoms with Crippen molar-refractivity contribution in [3.63, 3.8) is 0 Å². The van der Waals surface area contributed by atoms with Gasteiger partial charge in [0.15, 0.2) is 0 Å². The van der Waals surface area contributed by atoms with Crippen molar-refractivity contribution < 1.29 is 8.42 Å². The van der Waals surface area contributed by atoms with Gasteiger partial charge in [-0.1, -0.05) is 15.9 Å². The SMILES string of the molecule is CC(CCBr)NS(=O)(=O)C(C)(C)C. The summed E-state index contributed by atoms with van der Waals surface area (Å²) in [5.41, 5.74) is 0. The van der Waals surface area contributed by atoms with Crippen molar-refractivity contribution in [1.82, 2.24) is 4.72 Å². The summed E-state index contributed by atoms with van der Waals surface area (Å²) in [6, 6.07) is -0.0106. The van der Waals surface area contributed by atoms with Gasteiger partial charge in [-0.25, -0.2) is 13.1 Å². The second-order valence-electron chi connectivity index (χ2n) is 4.11. The molecule has 3 nitrogen and oxygen atoms in total. The van der Waals surface area contributed by atoms with Gasteiger partial charge in [-0.2, -0.15) is 0 Å². The molecule has 1 unspecified atom stereocenters. The lowest BCUT2D eigenvalue weighted by Crippen LogP contribution is -2.43. The van der Waals surface area contributed by atoms with E-state index in [-0.39, 0.29) is 6.04 Å². The predicted molar refractivity (Wildman–Crippen MR) is 59.7 cm³/mol. The number of nitrogens with one attached hydrogen (secondary N) is 1. The first-order valence-corrected chi connectivity index (χ1v) is 6.89. The first-order valence-electron chi connectivity index (χ1n) is 4.28. The van der Waals surface area contributed by atoms with Gasteiger partial charge < -0.3 is 0 Å². The Bertz CT molecular complexity index is 243. The fraction of sp³-hybridized carbons (Fsp3) is 1.00. The van der Waals surface area contributed by atoms with E-state index in [1.807, 2.05) is 6.92 Å². The molecule has 0 amide bonds. The monoisotopic (exact) mass is 271 g/mol. The third-order valence-electron chi connectivity index (χ3n) is 1.70. The zero-order valence-electron chi connectivity index (χ0n) is 8.59. The van der Waals surface area contributed by atoms with E-state index in [2.05, 4.69) is 20.7 Å². The maximum absolute atomic E-state index is 11.6. The molecule has 0 fully saturated rings. The van der Waals surface area contributed by atoms with Crippen molar-refractivity contribution in [2.24, 2.45) is 0 Å². The van der Waals surface area contributed by atoms with Crippen molar-refractivity contribution in [2.45, 2.75) is 44.9 Å². The molecule has 0 heterocycles. The molecule has 1 atom stereocenters. The number of sulfonamides is 1. The molecular weight excluding hydrogens is 254 g/mol. The highest BCUT2D eigenvalue weighted by Gasteiger charge is 2.29. The molecule has 80 valence electrons. The predicted octanol–water partition coefficient (Wildman–Crippen LogP) is 1.88. The summed E-state index contributed by atoms with van der Waals surface area (Å²) in [6.45, 7) is 6.94. The summed E-state index contributed by atoms with van der Waals surface area (Å²) in [5.74, 6) is 0. The van der Waals surface area contributed by atoms with Crippen LogP contribution in [-0.2, 0) is 10.0 Å². The maximum Gasteiger partial charge on any atom is 0.216 e. The average molecular weight is 272 g/mol. The van der Waals surface area contributed by atoms with E-state index >= 15 is 0 Å². The van der Waals surface area contributed by atoms with Crippen LogP contribution in [0, 0.1) is 0 Å². The van der Waals surface area contributed by atoms with E-state index in [1.54, 1.807) is 20.8 Å². The topological polar surface area (TPSA) is 46.2 Å². The molecule has 0 saturated carbocycles. The fourth-order valence-electron chi connectivity index (χ4n) is 0.664. The number of hydrogen-bond acceptors (Lipinski definition) is 2. The summed E-state index contributed by atoms with van der Waals surface area (Å²) in [5, 5.41) is 0.806. The van der Waals surface area contributed by atoms with Gasteiger partial charge >= 0.3 is 0 Å². The minimum atomic E-state index is -3.19. The Balaban J connectivity index is 4.36. The highest BCUT2D eigenvalue weighted by Crippen LogP contribution is 2.14. The highest BCUT2D eigenvalue weighted by molar-refractivity contribution is 9.09. The molecule has 0 aliphatic rings. The zero-order chi connectivity index (χ0) is 10.7. The molecule has 5 heteroatoms. The van der Waals surface area contributed by atoms with Crippen LogP contribution in [0.15, 0.2) is 0 Å². The van der Waals surface area contributed by atoms with E-state index in [0.29, 0.717) is 0 Å². The molecule has 13 heavy (non-hydrogen) atoms. The molecule has 0 aromatic rings. The molecule has 0 aromatic heterocycles. The lowest BCUT2D eigenvalue weighted by molar-refractivity contribution is 0.525. The molecular formula is C8H18BrNO2S. The summed E-state index contributed by atoms with van der Waals surface area (Å²) < 4.78 is 25.1. The smallest absolute Gasteiger partial charge is 0.212 e. The Labute approximate surface area is 89.5 Å². The minimum absolute atomic E-state index is 0.0106. The van der Waals surface area contributed by atoms with Gasteiger partial charge in [0.25, 0.3) is 0 Å². The molecule has 0 aromatic carbocycles. The number of hydrogen-bond donors (Lipinski definition) is 1. The van der Waals surface area contributed by atoms with Crippen LogP contribution in [-0.4, -0.2) is 24.5 Å².